The van der Waals surface area contributed by atoms with Gasteiger partial charge in [-0.2, -0.15) is 0 Å². The average molecular weight is 528 g/mol. The molecule has 0 amide bonds. The van der Waals surface area contributed by atoms with E-state index in [-0.39, 0.29) is 30.1 Å². The first-order chi connectivity index (χ1) is 14.2. The third-order valence-electron chi connectivity index (χ3n) is 5.06. The summed E-state index contributed by atoms with van der Waals surface area (Å²) in [6.07, 6.45) is 5.09. The number of halogens is 1. The summed E-state index contributed by atoms with van der Waals surface area (Å²) >= 11 is 0. The smallest absolute Gasteiger partial charge is 0.194 e. The molecule has 1 fully saturated rings. The molecule has 3 rings (SSSR count). The zero-order valence-corrected chi connectivity index (χ0v) is 20.4. The molecule has 1 aromatic carbocycles. The monoisotopic (exact) mass is 528 g/mol. The third kappa shape index (κ3) is 7.12. The van der Waals surface area contributed by atoms with Crippen LogP contribution in [0.2, 0.25) is 0 Å². The molecule has 1 aliphatic heterocycles. The predicted molar refractivity (Wildman–Crippen MR) is 129 cm³/mol. The summed E-state index contributed by atoms with van der Waals surface area (Å²) in [5, 5.41) is 11.6. The lowest BCUT2D eigenvalue weighted by Gasteiger charge is -2.23. The van der Waals surface area contributed by atoms with Crippen molar-refractivity contribution in [3.05, 3.63) is 42.0 Å². The fraction of sp³-hybridized carbons (Fsp3) is 0.571. The fourth-order valence-corrected chi connectivity index (χ4v) is 3.40. The standard InChI is InChI=1S/C21H32N6O2.HI/c1-4-20-25-24-16-27(20)12-11-22-21(23-14-19-6-5-13-29-19)26(2)15-17-7-9-18(28-3)10-8-17;/h7-10,16,19H,4-6,11-15H2,1-3H3,(H,22,23);1H. The van der Waals surface area contributed by atoms with Gasteiger partial charge in [0.1, 0.15) is 17.9 Å². The van der Waals surface area contributed by atoms with Crippen molar-refractivity contribution >= 4 is 29.9 Å². The Morgan fingerprint density at radius 1 is 1.37 bits per heavy atom. The molecule has 2 heterocycles. The SMILES string of the molecule is CCc1nncn1CCNC(=NCC1CCCO1)N(C)Cc1ccc(OC)cc1.I. The summed E-state index contributed by atoms with van der Waals surface area (Å²) < 4.78 is 13.1. The van der Waals surface area contributed by atoms with Crippen molar-refractivity contribution in [3.63, 3.8) is 0 Å². The van der Waals surface area contributed by atoms with Gasteiger partial charge < -0.3 is 24.3 Å². The maximum atomic E-state index is 5.73. The summed E-state index contributed by atoms with van der Waals surface area (Å²) in [4.78, 5) is 6.98. The molecule has 166 valence electrons. The maximum absolute atomic E-state index is 5.73. The van der Waals surface area contributed by atoms with Gasteiger partial charge in [-0.05, 0) is 30.5 Å². The van der Waals surface area contributed by atoms with Gasteiger partial charge in [-0.25, -0.2) is 0 Å². The number of aryl methyl sites for hydroxylation is 1. The molecular weight excluding hydrogens is 495 g/mol. The van der Waals surface area contributed by atoms with Crippen LogP contribution in [-0.2, 0) is 24.2 Å². The van der Waals surface area contributed by atoms with E-state index in [0.29, 0.717) is 6.54 Å². The second-order valence-corrected chi connectivity index (χ2v) is 7.22. The molecule has 1 aliphatic rings. The van der Waals surface area contributed by atoms with Crippen LogP contribution in [0.5, 0.6) is 5.75 Å². The number of hydrogen-bond donors (Lipinski definition) is 1. The van der Waals surface area contributed by atoms with Crippen LogP contribution in [0.3, 0.4) is 0 Å². The van der Waals surface area contributed by atoms with Crippen LogP contribution < -0.4 is 10.1 Å². The highest BCUT2D eigenvalue weighted by Crippen LogP contribution is 2.14. The number of benzene rings is 1. The number of hydrogen-bond acceptors (Lipinski definition) is 5. The molecule has 2 aromatic rings. The number of nitrogens with zero attached hydrogens (tertiary/aromatic N) is 5. The lowest BCUT2D eigenvalue weighted by molar-refractivity contribution is 0.117. The van der Waals surface area contributed by atoms with Gasteiger partial charge in [-0.15, -0.1) is 34.2 Å². The molecule has 0 aliphatic carbocycles. The summed E-state index contributed by atoms with van der Waals surface area (Å²) in [6.45, 7) is 5.92. The average Bonchev–Trinajstić information content (AvgIpc) is 3.42. The van der Waals surface area contributed by atoms with Crippen molar-refractivity contribution in [2.24, 2.45) is 4.99 Å². The Balaban J connectivity index is 0.00000320. The normalized spacial score (nSPS) is 16.2. The van der Waals surface area contributed by atoms with Gasteiger partial charge in [0.25, 0.3) is 0 Å². The minimum atomic E-state index is 0. The lowest BCUT2D eigenvalue weighted by Crippen LogP contribution is -2.40. The minimum absolute atomic E-state index is 0. The van der Waals surface area contributed by atoms with Crippen molar-refractivity contribution in [3.8, 4) is 5.75 Å². The molecule has 1 atom stereocenters. The molecule has 30 heavy (non-hydrogen) atoms. The first-order valence-electron chi connectivity index (χ1n) is 10.3. The number of guanidine groups is 1. The highest BCUT2D eigenvalue weighted by atomic mass is 127. The van der Waals surface area contributed by atoms with Crippen LogP contribution in [0, 0.1) is 0 Å². The van der Waals surface area contributed by atoms with E-state index < -0.39 is 0 Å². The van der Waals surface area contributed by atoms with E-state index in [9.17, 15) is 0 Å². The van der Waals surface area contributed by atoms with Crippen LogP contribution >= 0.6 is 24.0 Å². The highest BCUT2D eigenvalue weighted by molar-refractivity contribution is 14.0. The molecule has 0 bridgehead atoms. The molecule has 0 spiro atoms. The van der Waals surface area contributed by atoms with E-state index in [1.165, 1.54) is 5.56 Å². The summed E-state index contributed by atoms with van der Waals surface area (Å²) in [5.41, 5.74) is 1.20. The summed E-state index contributed by atoms with van der Waals surface area (Å²) in [6, 6.07) is 8.13. The van der Waals surface area contributed by atoms with Gasteiger partial charge >= 0.3 is 0 Å². The molecule has 1 N–H and O–H groups in total. The van der Waals surface area contributed by atoms with Crippen molar-refractivity contribution in [2.45, 2.75) is 45.4 Å². The molecule has 1 saturated heterocycles. The molecule has 9 heteroatoms. The fourth-order valence-electron chi connectivity index (χ4n) is 3.40. The molecular formula is C21H33IN6O2. The van der Waals surface area contributed by atoms with Crippen molar-refractivity contribution in [1.29, 1.82) is 0 Å². The largest absolute Gasteiger partial charge is 0.497 e. The number of ether oxygens (including phenoxy) is 2. The van der Waals surface area contributed by atoms with E-state index in [4.69, 9.17) is 14.5 Å². The Morgan fingerprint density at radius 2 is 2.17 bits per heavy atom. The summed E-state index contributed by atoms with van der Waals surface area (Å²) in [7, 11) is 3.74. The zero-order valence-electron chi connectivity index (χ0n) is 18.1. The van der Waals surface area contributed by atoms with Crippen molar-refractivity contribution in [1.82, 2.24) is 25.0 Å². The predicted octanol–water partition coefficient (Wildman–Crippen LogP) is 2.72. The maximum Gasteiger partial charge on any atom is 0.194 e. The van der Waals surface area contributed by atoms with Crippen LogP contribution in [-0.4, -0.2) is 65.6 Å². The Kier molecular flexibility index (Phi) is 10.4. The van der Waals surface area contributed by atoms with Crippen molar-refractivity contribution < 1.29 is 9.47 Å². The van der Waals surface area contributed by atoms with Gasteiger partial charge in [0.15, 0.2) is 5.96 Å². The zero-order chi connectivity index (χ0) is 20.5. The van der Waals surface area contributed by atoms with E-state index in [2.05, 4.69) is 51.1 Å². The highest BCUT2D eigenvalue weighted by Gasteiger charge is 2.16. The molecule has 1 aromatic heterocycles. The number of methoxy groups -OCH3 is 1. The second-order valence-electron chi connectivity index (χ2n) is 7.22. The van der Waals surface area contributed by atoms with Gasteiger partial charge in [0.05, 0.1) is 19.8 Å². The second kappa shape index (κ2) is 12.7. The van der Waals surface area contributed by atoms with E-state index in [0.717, 1.165) is 63.0 Å². The van der Waals surface area contributed by atoms with Gasteiger partial charge in [-0.3, -0.25) is 4.99 Å². The van der Waals surface area contributed by atoms with Gasteiger partial charge in [0.2, 0.25) is 0 Å². The third-order valence-corrected chi connectivity index (χ3v) is 5.06. The van der Waals surface area contributed by atoms with Crippen LogP contribution in [0.1, 0.15) is 31.2 Å². The molecule has 8 nitrogen and oxygen atoms in total. The van der Waals surface area contributed by atoms with Crippen LogP contribution in [0.25, 0.3) is 0 Å². The van der Waals surface area contributed by atoms with Gasteiger partial charge in [0, 0.05) is 39.7 Å². The van der Waals surface area contributed by atoms with Crippen LogP contribution in [0.4, 0.5) is 0 Å². The Bertz CT molecular complexity index is 774. The Labute approximate surface area is 196 Å². The quantitative estimate of drug-likeness (QED) is 0.307. The first-order valence-corrected chi connectivity index (χ1v) is 10.3. The Hall–Kier alpha value is -1.88. The molecule has 0 saturated carbocycles. The van der Waals surface area contributed by atoms with E-state index in [1.807, 2.05) is 12.1 Å². The number of rotatable bonds is 9. The van der Waals surface area contributed by atoms with Crippen molar-refractivity contribution in [2.75, 3.05) is 33.9 Å². The molecule has 1 unspecified atom stereocenters. The first kappa shape index (κ1) is 24.4. The van der Waals surface area contributed by atoms with Crippen LogP contribution in [0.15, 0.2) is 35.6 Å². The topological polar surface area (TPSA) is 76.8 Å². The van der Waals surface area contributed by atoms with E-state index >= 15 is 0 Å². The summed E-state index contributed by atoms with van der Waals surface area (Å²) in [5.74, 6) is 2.74. The minimum Gasteiger partial charge on any atom is -0.497 e. The number of aliphatic imine (C=N–C) groups is 1. The number of nitrogens with one attached hydrogen (secondary N) is 1. The van der Waals surface area contributed by atoms with Gasteiger partial charge in [-0.1, -0.05) is 19.1 Å². The number of aromatic nitrogens is 3. The lowest BCUT2D eigenvalue weighted by atomic mass is 10.2. The van der Waals surface area contributed by atoms with E-state index in [1.54, 1.807) is 13.4 Å². The molecule has 0 radical (unpaired) electrons. The Morgan fingerprint density at radius 3 is 2.83 bits per heavy atom.